The van der Waals surface area contributed by atoms with Crippen LogP contribution in [0.25, 0.3) is 0 Å². The topological polar surface area (TPSA) is 3.24 Å². The second kappa shape index (κ2) is 4.70. The predicted molar refractivity (Wildman–Crippen MR) is 74.1 cm³/mol. The lowest BCUT2D eigenvalue weighted by Gasteiger charge is -2.27. The van der Waals surface area contributed by atoms with E-state index in [4.69, 9.17) is 23.2 Å². The number of hydrogen-bond donors (Lipinski definition) is 0. The molecule has 0 unspecified atom stereocenters. The fourth-order valence-corrected chi connectivity index (χ4v) is 2.94. The van der Waals surface area contributed by atoms with Gasteiger partial charge in [0.15, 0.2) is 0 Å². The lowest BCUT2D eigenvalue weighted by Crippen LogP contribution is -2.28. The van der Waals surface area contributed by atoms with Gasteiger partial charge in [-0.3, -0.25) is 0 Å². The Bertz CT molecular complexity index is 411. The first-order valence-electron chi connectivity index (χ1n) is 6.39. The summed E-state index contributed by atoms with van der Waals surface area (Å²) in [4.78, 5) is 2.54. The first kappa shape index (κ1) is 11.7. The minimum atomic E-state index is 0.503. The molecule has 0 heterocycles. The third-order valence-electron chi connectivity index (χ3n) is 3.68. The molecule has 1 aromatic rings. The zero-order chi connectivity index (χ0) is 11.8. The number of halogens is 2. The highest BCUT2D eigenvalue weighted by atomic mass is 35.5. The summed E-state index contributed by atoms with van der Waals surface area (Å²) in [6, 6.07) is 6.88. The molecule has 2 aliphatic carbocycles. The molecule has 3 heteroatoms. The van der Waals surface area contributed by atoms with Crippen molar-refractivity contribution in [1.29, 1.82) is 0 Å². The van der Waals surface area contributed by atoms with E-state index in [9.17, 15) is 0 Å². The van der Waals surface area contributed by atoms with E-state index in [1.807, 2.05) is 12.1 Å². The van der Waals surface area contributed by atoms with Gasteiger partial charge in [-0.2, -0.15) is 0 Å². The lowest BCUT2D eigenvalue weighted by atomic mass is 10.1. The first-order valence-corrected chi connectivity index (χ1v) is 7.31. The minimum absolute atomic E-state index is 0.503. The van der Waals surface area contributed by atoms with Gasteiger partial charge >= 0.3 is 0 Å². The maximum Gasteiger partial charge on any atom is 0.0509 e. The van der Waals surface area contributed by atoms with Gasteiger partial charge < -0.3 is 4.90 Å². The molecule has 0 aliphatic heterocycles. The molecule has 0 N–H and O–H groups in total. The van der Waals surface area contributed by atoms with E-state index in [2.05, 4.69) is 11.0 Å². The van der Waals surface area contributed by atoms with Crippen molar-refractivity contribution in [2.24, 2.45) is 5.92 Å². The third-order valence-corrected chi connectivity index (χ3v) is 4.30. The Morgan fingerprint density at radius 2 is 1.94 bits per heavy atom. The lowest BCUT2D eigenvalue weighted by molar-refractivity contribution is 0.716. The molecule has 2 aliphatic rings. The third kappa shape index (κ3) is 2.56. The molecule has 0 atom stereocenters. The largest absolute Gasteiger partial charge is 0.368 e. The van der Waals surface area contributed by atoms with Crippen molar-refractivity contribution < 1.29 is 0 Å². The van der Waals surface area contributed by atoms with Gasteiger partial charge in [-0.25, -0.2) is 0 Å². The highest BCUT2D eigenvalue weighted by Gasteiger charge is 2.34. The molecule has 0 saturated heterocycles. The quantitative estimate of drug-likeness (QED) is 0.714. The molecular formula is C14H17Cl2N. The number of rotatable bonds is 5. The number of nitrogens with zero attached hydrogens (tertiary/aromatic N) is 1. The van der Waals surface area contributed by atoms with Crippen molar-refractivity contribution in [3.63, 3.8) is 0 Å². The predicted octanol–water partition coefficient (Wildman–Crippen LogP) is 4.46. The van der Waals surface area contributed by atoms with Crippen molar-refractivity contribution in [3.8, 4) is 0 Å². The minimum Gasteiger partial charge on any atom is -0.368 e. The van der Waals surface area contributed by atoms with Crippen LogP contribution in [0.3, 0.4) is 0 Å². The molecule has 17 heavy (non-hydrogen) atoms. The zero-order valence-electron chi connectivity index (χ0n) is 9.83. The second-order valence-electron chi connectivity index (χ2n) is 5.20. The summed E-state index contributed by atoms with van der Waals surface area (Å²) in [7, 11) is 0. The van der Waals surface area contributed by atoms with Crippen LogP contribution >= 0.6 is 23.2 Å². The first-order chi connectivity index (χ1) is 8.29. The molecule has 1 aromatic carbocycles. The summed E-state index contributed by atoms with van der Waals surface area (Å²) < 4.78 is 0. The van der Waals surface area contributed by atoms with Gasteiger partial charge in [0.25, 0.3) is 0 Å². The van der Waals surface area contributed by atoms with Crippen LogP contribution in [0.5, 0.6) is 0 Å². The van der Waals surface area contributed by atoms with E-state index in [1.165, 1.54) is 37.9 Å². The summed E-state index contributed by atoms with van der Waals surface area (Å²) >= 11 is 12.3. The summed E-state index contributed by atoms with van der Waals surface area (Å²) in [6.07, 6.45) is 5.42. The smallest absolute Gasteiger partial charge is 0.0509 e. The van der Waals surface area contributed by atoms with E-state index in [0.717, 1.165) is 22.5 Å². The van der Waals surface area contributed by atoms with Crippen LogP contribution in [0, 0.1) is 5.92 Å². The Morgan fingerprint density at radius 3 is 2.53 bits per heavy atom. The van der Waals surface area contributed by atoms with Gasteiger partial charge in [0.1, 0.15) is 0 Å². The molecule has 2 fully saturated rings. The van der Waals surface area contributed by atoms with Crippen LogP contribution in [-0.2, 0) is 5.88 Å². The summed E-state index contributed by atoms with van der Waals surface area (Å²) in [6.45, 7) is 1.19. The fraction of sp³-hybridized carbons (Fsp3) is 0.571. The zero-order valence-corrected chi connectivity index (χ0v) is 11.3. The molecule has 1 nitrogen and oxygen atoms in total. The molecule has 2 saturated carbocycles. The Labute approximate surface area is 113 Å². The van der Waals surface area contributed by atoms with Gasteiger partial charge in [0.05, 0.1) is 5.88 Å². The summed E-state index contributed by atoms with van der Waals surface area (Å²) in [5, 5.41) is 0.805. The van der Waals surface area contributed by atoms with E-state index < -0.39 is 0 Å². The Hall–Kier alpha value is -0.400. The van der Waals surface area contributed by atoms with Gasteiger partial charge in [0.2, 0.25) is 0 Å². The molecule has 0 bridgehead atoms. The molecular weight excluding hydrogens is 253 g/mol. The summed E-state index contributed by atoms with van der Waals surface area (Å²) in [5.74, 6) is 1.40. The van der Waals surface area contributed by atoms with Crippen LogP contribution in [0.15, 0.2) is 18.2 Å². The van der Waals surface area contributed by atoms with Crippen molar-refractivity contribution in [2.45, 2.75) is 37.6 Å². The van der Waals surface area contributed by atoms with Crippen molar-refractivity contribution in [1.82, 2.24) is 0 Å². The van der Waals surface area contributed by atoms with E-state index in [0.29, 0.717) is 5.88 Å². The number of alkyl halides is 1. The van der Waals surface area contributed by atoms with Crippen LogP contribution < -0.4 is 4.90 Å². The number of anilines is 1. The van der Waals surface area contributed by atoms with Crippen LogP contribution in [0.2, 0.25) is 5.02 Å². The molecule has 92 valence electrons. The molecule has 0 aromatic heterocycles. The van der Waals surface area contributed by atoms with Crippen molar-refractivity contribution >= 4 is 28.9 Å². The van der Waals surface area contributed by atoms with Gasteiger partial charge in [-0.05, 0) is 43.7 Å². The Morgan fingerprint density at radius 1 is 1.18 bits per heavy atom. The van der Waals surface area contributed by atoms with E-state index >= 15 is 0 Å². The molecule has 0 spiro atoms. The Balaban J connectivity index is 1.90. The van der Waals surface area contributed by atoms with Gasteiger partial charge in [-0.1, -0.05) is 17.7 Å². The highest BCUT2D eigenvalue weighted by molar-refractivity contribution is 6.32. The Kier molecular flexibility index (Phi) is 3.23. The maximum absolute atomic E-state index is 6.24. The summed E-state index contributed by atoms with van der Waals surface area (Å²) in [5.41, 5.74) is 2.37. The second-order valence-corrected chi connectivity index (χ2v) is 5.87. The molecule has 0 amide bonds. The molecule has 0 radical (unpaired) electrons. The normalized spacial score (nSPS) is 19.4. The number of benzene rings is 1. The molecule has 3 rings (SSSR count). The SMILES string of the molecule is ClCc1c(Cl)cccc1N(CC1CC1)C1CC1. The fourth-order valence-electron chi connectivity index (χ4n) is 2.36. The van der Waals surface area contributed by atoms with Crippen LogP contribution in [0.1, 0.15) is 31.2 Å². The van der Waals surface area contributed by atoms with Crippen molar-refractivity contribution in [2.75, 3.05) is 11.4 Å². The standard InChI is InChI=1S/C14H17Cl2N/c15-8-12-13(16)2-1-3-14(12)17(11-6-7-11)9-10-4-5-10/h1-3,10-11H,4-9H2. The maximum atomic E-state index is 6.24. The van der Waals surface area contributed by atoms with Gasteiger partial charge in [0, 0.05) is 28.9 Å². The van der Waals surface area contributed by atoms with Crippen LogP contribution in [-0.4, -0.2) is 12.6 Å². The average Bonchev–Trinajstić information content (AvgIpc) is 3.17. The van der Waals surface area contributed by atoms with Gasteiger partial charge in [-0.15, -0.1) is 11.6 Å². The number of hydrogen-bond acceptors (Lipinski definition) is 1. The van der Waals surface area contributed by atoms with E-state index in [1.54, 1.807) is 0 Å². The van der Waals surface area contributed by atoms with E-state index in [-0.39, 0.29) is 0 Å². The average molecular weight is 270 g/mol. The van der Waals surface area contributed by atoms with Crippen LogP contribution in [0.4, 0.5) is 5.69 Å². The van der Waals surface area contributed by atoms with Crippen molar-refractivity contribution in [3.05, 3.63) is 28.8 Å². The monoisotopic (exact) mass is 269 g/mol. The highest BCUT2D eigenvalue weighted by Crippen LogP contribution is 2.40.